The molecule has 0 bridgehead atoms. The number of aryl methyl sites for hydroxylation is 1. The van der Waals surface area contributed by atoms with Crippen molar-refractivity contribution >= 4 is 6.47 Å². The largest absolute Gasteiger partial charge is 0.493 e. The van der Waals surface area contributed by atoms with Gasteiger partial charge in [0.25, 0.3) is 6.47 Å². The standard InChI is InChI=1S/C32H52O5/c1-3-4-5-7-25-9-11-26(12-10-25)27-13-15-28(16-14-27)29-17-18-31(37-23-32(2,21-33)22-34)30(20-29)8-6-19-36-24-35/h17-18,20,24-28,33-34H,3-16,19,21-23H2,1-2H3. The van der Waals surface area contributed by atoms with Crippen LogP contribution in [0.2, 0.25) is 0 Å². The number of ether oxygens (including phenoxy) is 2. The van der Waals surface area contributed by atoms with E-state index in [1.807, 2.05) is 6.92 Å². The van der Waals surface area contributed by atoms with E-state index in [1.165, 1.54) is 82.6 Å². The highest BCUT2D eigenvalue weighted by Gasteiger charge is 2.31. The number of aliphatic hydroxyl groups is 2. The zero-order chi connectivity index (χ0) is 26.5. The molecule has 2 aliphatic rings. The maximum absolute atomic E-state index is 10.5. The second kappa shape index (κ2) is 15.7. The molecular weight excluding hydrogens is 464 g/mol. The second-order valence-electron chi connectivity index (χ2n) is 12.2. The minimum Gasteiger partial charge on any atom is -0.493 e. The predicted molar refractivity (Wildman–Crippen MR) is 149 cm³/mol. The number of hydrogen-bond donors (Lipinski definition) is 2. The molecule has 0 amide bonds. The molecular formula is C32H52O5. The fourth-order valence-electron chi connectivity index (χ4n) is 6.53. The summed E-state index contributed by atoms with van der Waals surface area (Å²) in [5.41, 5.74) is 1.83. The molecule has 0 heterocycles. The van der Waals surface area contributed by atoms with Gasteiger partial charge in [-0.05, 0) is 92.2 Å². The molecule has 37 heavy (non-hydrogen) atoms. The quantitative estimate of drug-likeness (QED) is 0.186. The Kier molecular flexibility index (Phi) is 12.7. The van der Waals surface area contributed by atoms with Gasteiger partial charge in [0, 0.05) is 5.41 Å². The van der Waals surface area contributed by atoms with Crippen molar-refractivity contribution in [2.24, 2.45) is 23.2 Å². The van der Waals surface area contributed by atoms with Gasteiger partial charge in [-0.25, -0.2) is 0 Å². The predicted octanol–water partition coefficient (Wildman–Crippen LogP) is 6.82. The molecule has 2 saturated carbocycles. The highest BCUT2D eigenvalue weighted by molar-refractivity contribution is 5.39. The lowest BCUT2D eigenvalue weighted by atomic mass is 9.68. The van der Waals surface area contributed by atoms with Gasteiger partial charge in [-0.1, -0.05) is 64.5 Å². The Hall–Kier alpha value is -1.59. The molecule has 1 aromatic rings. The van der Waals surface area contributed by atoms with Gasteiger partial charge in [0.05, 0.1) is 26.4 Å². The Bertz CT molecular complexity index is 773. The fraction of sp³-hybridized carbons (Fsp3) is 0.781. The molecule has 0 atom stereocenters. The smallest absolute Gasteiger partial charge is 0.293 e. The first kappa shape index (κ1) is 30.0. The molecule has 210 valence electrons. The average molecular weight is 517 g/mol. The van der Waals surface area contributed by atoms with E-state index in [1.54, 1.807) is 0 Å². The topological polar surface area (TPSA) is 76.0 Å². The van der Waals surface area contributed by atoms with E-state index < -0.39 is 5.41 Å². The maximum Gasteiger partial charge on any atom is 0.293 e. The molecule has 0 spiro atoms. The highest BCUT2D eigenvalue weighted by atomic mass is 16.5. The summed E-state index contributed by atoms with van der Waals surface area (Å²) in [7, 11) is 0. The van der Waals surface area contributed by atoms with E-state index in [-0.39, 0.29) is 19.8 Å². The summed E-state index contributed by atoms with van der Waals surface area (Å²) in [6, 6.07) is 6.56. The summed E-state index contributed by atoms with van der Waals surface area (Å²) < 4.78 is 11.0. The van der Waals surface area contributed by atoms with Crippen molar-refractivity contribution in [3.05, 3.63) is 29.3 Å². The van der Waals surface area contributed by atoms with Crippen LogP contribution in [0.4, 0.5) is 0 Å². The first-order valence-electron chi connectivity index (χ1n) is 15.0. The third-order valence-corrected chi connectivity index (χ3v) is 9.22. The van der Waals surface area contributed by atoms with Gasteiger partial charge in [0.2, 0.25) is 0 Å². The third kappa shape index (κ3) is 9.28. The molecule has 0 saturated heterocycles. The molecule has 2 aliphatic carbocycles. The van der Waals surface area contributed by atoms with Crippen LogP contribution in [-0.4, -0.2) is 43.1 Å². The normalized spacial score (nSPS) is 24.5. The van der Waals surface area contributed by atoms with Crippen LogP contribution in [0, 0.1) is 23.2 Å². The number of aliphatic hydroxyl groups excluding tert-OH is 2. The van der Waals surface area contributed by atoms with E-state index >= 15 is 0 Å². The van der Waals surface area contributed by atoms with E-state index in [2.05, 4.69) is 25.1 Å². The summed E-state index contributed by atoms with van der Waals surface area (Å²) in [4.78, 5) is 10.5. The number of carbonyl (C=O) groups excluding carboxylic acids is 1. The van der Waals surface area contributed by atoms with Crippen molar-refractivity contribution in [1.82, 2.24) is 0 Å². The fourth-order valence-corrected chi connectivity index (χ4v) is 6.53. The summed E-state index contributed by atoms with van der Waals surface area (Å²) in [6.45, 7) is 5.00. The zero-order valence-corrected chi connectivity index (χ0v) is 23.5. The van der Waals surface area contributed by atoms with Gasteiger partial charge in [-0.2, -0.15) is 0 Å². The Morgan fingerprint density at radius 1 is 0.946 bits per heavy atom. The second-order valence-corrected chi connectivity index (χ2v) is 12.2. The lowest BCUT2D eigenvalue weighted by molar-refractivity contribution is -0.128. The zero-order valence-electron chi connectivity index (χ0n) is 23.5. The molecule has 1 aromatic carbocycles. The first-order chi connectivity index (χ1) is 18.0. The Morgan fingerprint density at radius 3 is 2.24 bits per heavy atom. The van der Waals surface area contributed by atoms with Gasteiger partial charge >= 0.3 is 0 Å². The Labute approximate surface area is 225 Å². The summed E-state index contributed by atoms with van der Waals surface area (Å²) >= 11 is 0. The minimum absolute atomic E-state index is 0.131. The molecule has 2 fully saturated rings. The van der Waals surface area contributed by atoms with Crippen LogP contribution >= 0.6 is 0 Å². The molecule has 0 aliphatic heterocycles. The molecule has 3 rings (SSSR count). The van der Waals surface area contributed by atoms with Gasteiger partial charge in [-0.15, -0.1) is 0 Å². The van der Waals surface area contributed by atoms with E-state index in [9.17, 15) is 15.0 Å². The molecule has 5 heteroatoms. The number of rotatable bonds is 16. The Balaban J connectivity index is 1.55. The number of carbonyl (C=O) groups is 1. The van der Waals surface area contributed by atoms with Crippen LogP contribution in [0.1, 0.15) is 114 Å². The monoisotopic (exact) mass is 516 g/mol. The van der Waals surface area contributed by atoms with Gasteiger partial charge in [0.1, 0.15) is 5.75 Å². The summed E-state index contributed by atoms with van der Waals surface area (Å²) in [5, 5.41) is 19.3. The number of benzene rings is 1. The van der Waals surface area contributed by atoms with E-state index in [4.69, 9.17) is 9.47 Å². The molecule has 0 unspecified atom stereocenters. The summed E-state index contributed by atoms with van der Waals surface area (Å²) in [5.74, 6) is 4.24. The number of hydrogen-bond acceptors (Lipinski definition) is 5. The van der Waals surface area contributed by atoms with Crippen molar-refractivity contribution in [2.75, 3.05) is 26.4 Å². The molecule has 2 N–H and O–H groups in total. The van der Waals surface area contributed by atoms with Crippen molar-refractivity contribution in [3.63, 3.8) is 0 Å². The lowest BCUT2D eigenvalue weighted by Crippen LogP contribution is -2.33. The average Bonchev–Trinajstić information content (AvgIpc) is 2.95. The van der Waals surface area contributed by atoms with Crippen LogP contribution in [0.3, 0.4) is 0 Å². The minimum atomic E-state index is -0.677. The molecule has 0 aromatic heterocycles. The van der Waals surface area contributed by atoms with Crippen molar-refractivity contribution < 1.29 is 24.5 Å². The van der Waals surface area contributed by atoms with Crippen molar-refractivity contribution in [1.29, 1.82) is 0 Å². The molecule has 0 radical (unpaired) electrons. The maximum atomic E-state index is 10.5. The van der Waals surface area contributed by atoms with Crippen LogP contribution in [0.25, 0.3) is 0 Å². The van der Waals surface area contributed by atoms with Gasteiger partial charge < -0.3 is 19.7 Å². The number of unbranched alkanes of at least 4 members (excludes halogenated alkanes) is 2. The van der Waals surface area contributed by atoms with E-state index in [0.717, 1.165) is 41.9 Å². The van der Waals surface area contributed by atoms with E-state index in [0.29, 0.717) is 19.0 Å². The lowest BCUT2D eigenvalue weighted by Gasteiger charge is -2.38. The van der Waals surface area contributed by atoms with Crippen molar-refractivity contribution in [2.45, 2.75) is 110 Å². The third-order valence-electron chi connectivity index (χ3n) is 9.22. The highest BCUT2D eigenvalue weighted by Crippen LogP contribution is 2.45. The van der Waals surface area contributed by atoms with Crippen LogP contribution in [0.15, 0.2) is 18.2 Å². The Morgan fingerprint density at radius 2 is 1.62 bits per heavy atom. The summed E-state index contributed by atoms with van der Waals surface area (Å²) in [6.07, 6.45) is 18.2. The van der Waals surface area contributed by atoms with Gasteiger partial charge in [0.15, 0.2) is 0 Å². The van der Waals surface area contributed by atoms with Crippen molar-refractivity contribution in [3.8, 4) is 5.75 Å². The van der Waals surface area contributed by atoms with Crippen LogP contribution in [0.5, 0.6) is 5.75 Å². The molecule has 5 nitrogen and oxygen atoms in total. The van der Waals surface area contributed by atoms with Gasteiger partial charge in [-0.3, -0.25) is 4.79 Å². The van der Waals surface area contributed by atoms with Crippen LogP contribution < -0.4 is 4.74 Å². The van der Waals surface area contributed by atoms with Crippen LogP contribution in [-0.2, 0) is 16.0 Å². The first-order valence-corrected chi connectivity index (χ1v) is 15.0. The SMILES string of the molecule is CCCCCC1CCC(C2CCC(c3ccc(OCC(C)(CO)CO)c(CCCOC=O)c3)CC2)CC1.